The highest BCUT2D eigenvalue weighted by Gasteiger charge is 2.18. The molecule has 0 saturated heterocycles. The van der Waals surface area contributed by atoms with Crippen molar-refractivity contribution in [2.24, 2.45) is 0 Å². The summed E-state index contributed by atoms with van der Waals surface area (Å²) in [6, 6.07) is 16.8. The molecule has 0 aliphatic rings. The van der Waals surface area contributed by atoms with Crippen LogP contribution in [0, 0.1) is 6.92 Å². The van der Waals surface area contributed by atoms with Gasteiger partial charge in [0.15, 0.2) is 0 Å². The maximum absolute atomic E-state index is 13.0. The van der Waals surface area contributed by atoms with Crippen LogP contribution in [0.4, 0.5) is 5.69 Å². The first kappa shape index (κ1) is 21.1. The van der Waals surface area contributed by atoms with E-state index >= 15 is 0 Å². The number of nitrogens with zero attached hydrogens (tertiary/aromatic N) is 3. The number of benzene rings is 2. The Bertz CT molecular complexity index is 1290. The van der Waals surface area contributed by atoms with E-state index in [1.165, 1.54) is 18.3 Å². The molecule has 0 unspecified atom stereocenters. The van der Waals surface area contributed by atoms with E-state index in [1.807, 2.05) is 66.2 Å². The van der Waals surface area contributed by atoms with Crippen LogP contribution in [0.1, 0.15) is 27.9 Å². The molecule has 0 saturated carbocycles. The first-order valence-electron chi connectivity index (χ1n) is 9.69. The molecule has 1 N–H and O–H groups in total. The van der Waals surface area contributed by atoms with Crippen molar-refractivity contribution in [3.8, 4) is 5.69 Å². The number of aromatic nitrogens is 2. The smallest absolute Gasteiger partial charge is 0.265 e. The number of rotatable bonds is 5. The predicted molar refractivity (Wildman–Crippen MR) is 125 cm³/mol. The third kappa shape index (κ3) is 4.33. The largest absolute Gasteiger partial charge is 0.342 e. The molecule has 4 rings (SSSR count). The van der Waals surface area contributed by atoms with Gasteiger partial charge in [-0.3, -0.25) is 9.59 Å². The molecule has 2 amide bonds. The molecule has 2 heterocycles. The number of anilines is 1. The van der Waals surface area contributed by atoms with E-state index < -0.39 is 0 Å². The topological polar surface area (TPSA) is 67.2 Å². The van der Waals surface area contributed by atoms with Gasteiger partial charge in [0.25, 0.3) is 5.91 Å². The van der Waals surface area contributed by atoms with Crippen molar-refractivity contribution in [2.75, 3.05) is 12.4 Å². The Morgan fingerprint density at radius 2 is 1.94 bits per heavy atom. The lowest BCUT2D eigenvalue weighted by molar-refractivity contribution is -0.128. The minimum Gasteiger partial charge on any atom is -0.342 e. The van der Waals surface area contributed by atoms with Crippen LogP contribution >= 0.6 is 22.9 Å². The van der Waals surface area contributed by atoms with E-state index in [-0.39, 0.29) is 11.8 Å². The second-order valence-corrected chi connectivity index (χ2v) is 8.76. The van der Waals surface area contributed by atoms with Crippen molar-refractivity contribution in [3.05, 3.63) is 75.8 Å². The Morgan fingerprint density at radius 1 is 1.16 bits per heavy atom. The van der Waals surface area contributed by atoms with Gasteiger partial charge in [-0.2, -0.15) is 5.10 Å². The van der Waals surface area contributed by atoms with E-state index in [0.717, 1.165) is 27.2 Å². The molecule has 0 bridgehead atoms. The van der Waals surface area contributed by atoms with Crippen LogP contribution in [0.3, 0.4) is 0 Å². The zero-order chi connectivity index (χ0) is 22.1. The Hall–Kier alpha value is -3.16. The zero-order valence-corrected chi connectivity index (χ0v) is 18.9. The molecule has 158 valence electrons. The van der Waals surface area contributed by atoms with Gasteiger partial charge in [-0.25, -0.2) is 4.68 Å². The fourth-order valence-corrected chi connectivity index (χ4v) is 4.54. The number of carbonyl (C=O) groups is 2. The van der Waals surface area contributed by atoms with Crippen molar-refractivity contribution < 1.29 is 9.59 Å². The molecule has 0 atom stereocenters. The van der Waals surface area contributed by atoms with Gasteiger partial charge in [-0.15, -0.1) is 11.3 Å². The molecule has 0 fully saturated rings. The Balaban J connectivity index is 1.64. The van der Waals surface area contributed by atoms with Gasteiger partial charge in [-0.05, 0) is 42.8 Å². The number of thiophene rings is 1. The standard InChI is InChI=1S/C23H21ClN4O2S/c1-14-19-12-21(31-23(19)28(26-14)18-9-6-8-17(24)11-18)22(30)25-20-10-5-4-7-16(20)13-27(3)15(2)29/h4-12H,13H2,1-3H3,(H,25,30). The number of hydrogen-bond acceptors (Lipinski definition) is 4. The predicted octanol–water partition coefficient (Wildman–Crippen LogP) is 5.28. The molecule has 2 aromatic heterocycles. The molecule has 0 radical (unpaired) electrons. The average molecular weight is 453 g/mol. The summed E-state index contributed by atoms with van der Waals surface area (Å²) in [5.74, 6) is -0.233. The lowest BCUT2D eigenvalue weighted by Gasteiger charge is -2.17. The summed E-state index contributed by atoms with van der Waals surface area (Å²) >= 11 is 7.52. The number of hydrogen-bond donors (Lipinski definition) is 1. The van der Waals surface area contributed by atoms with Gasteiger partial charge in [0.2, 0.25) is 5.91 Å². The van der Waals surface area contributed by atoms with E-state index in [0.29, 0.717) is 22.1 Å². The van der Waals surface area contributed by atoms with Crippen LogP contribution < -0.4 is 5.32 Å². The second-order valence-electron chi connectivity index (χ2n) is 7.29. The molecule has 6 nitrogen and oxygen atoms in total. The van der Waals surface area contributed by atoms with Crippen LogP contribution in [-0.2, 0) is 11.3 Å². The third-order valence-corrected chi connectivity index (χ3v) is 6.38. The summed E-state index contributed by atoms with van der Waals surface area (Å²) < 4.78 is 1.81. The van der Waals surface area contributed by atoms with E-state index in [9.17, 15) is 9.59 Å². The summed E-state index contributed by atoms with van der Waals surface area (Å²) in [6.07, 6.45) is 0. The van der Waals surface area contributed by atoms with Gasteiger partial charge in [-0.1, -0.05) is 35.9 Å². The van der Waals surface area contributed by atoms with Crippen molar-refractivity contribution in [2.45, 2.75) is 20.4 Å². The fraction of sp³-hybridized carbons (Fsp3) is 0.174. The summed E-state index contributed by atoms with van der Waals surface area (Å²) in [7, 11) is 1.73. The van der Waals surface area contributed by atoms with E-state index in [4.69, 9.17) is 11.6 Å². The Labute approximate surface area is 189 Å². The highest BCUT2D eigenvalue weighted by molar-refractivity contribution is 7.20. The molecule has 4 aromatic rings. The molecular formula is C23H21ClN4O2S. The number of nitrogens with one attached hydrogen (secondary N) is 1. The van der Waals surface area contributed by atoms with Crippen LogP contribution in [0.2, 0.25) is 5.02 Å². The van der Waals surface area contributed by atoms with Crippen LogP contribution in [0.5, 0.6) is 0 Å². The van der Waals surface area contributed by atoms with Gasteiger partial charge in [0.1, 0.15) is 4.83 Å². The summed E-state index contributed by atoms with van der Waals surface area (Å²) in [4.78, 5) is 27.7. The Kier molecular flexibility index (Phi) is 5.80. The van der Waals surface area contributed by atoms with Crippen molar-refractivity contribution in [3.63, 3.8) is 0 Å². The van der Waals surface area contributed by atoms with Gasteiger partial charge >= 0.3 is 0 Å². The number of halogens is 1. The maximum Gasteiger partial charge on any atom is 0.265 e. The SMILES string of the molecule is CC(=O)N(C)Cc1ccccc1NC(=O)c1cc2c(C)nn(-c3cccc(Cl)c3)c2s1. The molecule has 0 spiro atoms. The van der Waals surface area contributed by atoms with Crippen LogP contribution in [0.25, 0.3) is 15.9 Å². The fourth-order valence-electron chi connectivity index (χ4n) is 3.27. The molecule has 2 aromatic carbocycles. The van der Waals surface area contributed by atoms with Crippen molar-refractivity contribution >= 4 is 50.7 Å². The first-order chi connectivity index (χ1) is 14.8. The van der Waals surface area contributed by atoms with Crippen LogP contribution in [0.15, 0.2) is 54.6 Å². The van der Waals surface area contributed by atoms with E-state index in [2.05, 4.69) is 10.4 Å². The number of carbonyl (C=O) groups excluding carboxylic acids is 2. The van der Waals surface area contributed by atoms with Gasteiger partial charge < -0.3 is 10.2 Å². The maximum atomic E-state index is 13.0. The average Bonchev–Trinajstić information content (AvgIpc) is 3.30. The van der Waals surface area contributed by atoms with Gasteiger partial charge in [0, 0.05) is 36.6 Å². The quantitative estimate of drug-likeness (QED) is 0.448. The number of para-hydroxylation sites is 1. The number of aryl methyl sites for hydroxylation is 1. The number of fused-ring (bicyclic) bond motifs is 1. The normalized spacial score (nSPS) is 11.0. The third-order valence-electron chi connectivity index (χ3n) is 5.03. The van der Waals surface area contributed by atoms with Crippen molar-refractivity contribution in [1.29, 1.82) is 0 Å². The molecule has 8 heteroatoms. The van der Waals surface area contributed by atoms with Gasteiger partial charge in [0.05, 0.1) is 16.3 Å². The molecule has 0 aliphatic carbocycles. The zero-order valence-electron chi connectivity index (χ0n) is 17.3. The monoisotopic (exact) mass is 452 g/mol. The summed E-state index contributed by atoms with van der Waals surface area (Å²) in [5, 5.41) is 9.16. The van der Waals surface area contributed by atoms with Crippen molar-refractivity contribution in [1.82, 2.24) is 14.7 Å². The lowest BCUT2D eigenvalue weighted by Crippen LogP contribution is -2.24. The summed E-state index contributed by atoms with van der Waals surface area (Å²) in [5.41, 5.74) is 3.24. The second kappa shape index (κ2) is 8.53. The Morgan fingerprint density at radius 3 is 2.68 bits per heavy atom. The number of amides is 2. The van der Waals surface area contributed by atoms with Crippen LogP contribution in [-0.4, -0.2) is 33.5 Å². The first-order valence-corrected chi connectivity index (χ1v) is 10.9. The highest BCUT2D eigenvalue weighted by atomic mass is 35.5. The highest BCUT2D eigenvalue weighted by Crippen LogP contribution is 2.31. The minimum atomic E-state index is -0.198. The minimum absolute atomic E-state index is 0.0355. The summed E-state index contributed by atoms with van der Waals surface area (Å²) in [6.45, 7) is 3.86. The molecule has 31 heavy (non-hydrogen) atoms. The lowest BCUT2D eigenvalue weighted by atomic mass is 10.1. The van der Waals surface area contributed by atoms with E-state index in [1.54, 1.807) is 11.9 Å². The molecule has 0 aliphatic heterocycles. The molecular weight excluding hydrogens is 432 g/mol.